The van der Waals surface area contributed by atoms with Crippen LogP contribution in [0, 0.1) is 6.92 Å². The first-order valence-corrected chi connectivity index (χ1v) is 9.39. The van der Waals surface area contributed by atoms with Gasteiger partial charge in [0.05, 0.1) is 12.3 Å². The third kappa shape index (κ3) is 5.22. The average Bonchev–Trinajstić information content (AvgIpc) is 2.69. The van der Waals surface area contributed by atoms with Gasteiger partial charge in [0.15, 0.2) is 0 Å². The zero-order valence-electron chi connectivity index (χ0n) is 17.1. The zero-order valence-corrected chi connectivity index (χ0v) is 17.1. The molecule has 0 aliphatic heterocycles. The van der Waals surface area contributed by atoms with Crippen molar-refractivity contribution >= 4 is 28.9 Å². The average molecular weight is 391 g/mol. The smallest absolute Gasteiger partial charge is 0.274 e. The van der Waals surface area contributed by atoms with Crippen molar-refractivity contribution in [1.29, 1.82) is 0 Å². The molecule has 0 bridgehead atoms. The number of hydrogen-bond donors (Lipinski definition) is 2. The molecule has 0 fully saturated rings. The van der Waals surface area contributed by atoms with Crippen LogP contribution in [0.15, 0.2) is 54.6 Å². The lowest BCUT2D eigenvalue weighted by atomic mass is 10.2. The Hall–Kier alpha value is -3.61. The van der Waals surface area contributed by atoms with Gasteiger partial charge in [-0.2, -0.15) is 0 Å². The second kappa shape index (κ2) is 9.05. The molecule has 3 aromatic rings. The van der Waals surface area contributed by atoms with E-state index in [0.29, 0.717) is 29.7 Å². The van der Waals surface area contributed by atoms with Crippen molar-refractivity contribution in [2.75, 3.05) is 36.2 Å². The summed E-state index contributed by atoms with van der Waals surface area (Å²) in [6.07, 6.45) is 0. The molecule has 0 saturated carbocycles. The van der Waals surface area contributed by atoms with Gasteiger partial charge in [-0.3, -0.25) is 4.79 Å². The molecule has 0 aliphatic rings. The maximum absolute atomic E-state index is 12.7. The lowest BCUT2D eigenvalue weighted by Gasteiger charge is -2.13. The minimum absolute atomic E-state index is 0.283. The molecule has 1 aromatic heterocycles. The van der Waals surface area contributed by atoms with Crippen molar-refractivity contribution < 1.29 is 9.53 Å². The van der Waals surface area contributed by atoms with E-state index in [0.717, 1.165) is 11.4 Å². The normalized spacial score (nSPS) is 10.3. The number of nitrogens with one attached hydrogen (secondary N) is 2. The third-order valence-corrected chi connectivity index (χ3v) is 4.16. The molecule has 3 rings (SSSR count). The molecule has 7 heteroatoms. The maximum atomic E-state index is 12.7. The molecule has 2 aromatic carbocycles. The molecule has 150 valence electrons. The minimum atomic E-state index is -0.297. The minimum Gasteiger partial charge on any atom is -0.492 e. The number of carbonyl (C=O) groups is 1. The van der Waals surface area contributed by atoms with Crippen LogP contribution in [0.2, 0.25) is 0 Å². The van der Waals surface area contributed by atoms with E-state index in [-0.39, 0.29) is 11.6 Å². The molecular weight excluding hydrogens is 366 g/mol. The van der Waals surface area contributed by atoms with Crippen LogP contribution in [0.3, 0.4) is 0 Å². The Balaban J connectivity index is 1.79. The second-order valence-electron chi connectivity index (χ2n) is 6.67. The number of para-hydroxylation sites is 2. The molecule has 0 saturated heterocycles. The molecule has 1 heterocycles. The van der Waals surface area contributed by atoms with E-state index in [1.54, 1.807) is 6.07 Å². The van der Waals surface area contributed by atoms with Gasteiger partial charge in [-0.25, -0.2) is 9.97 Å². The van der Waals surface area contributed by atoms with E-state index in [4.69, 9.17) is 4.74 Å². The van der Waals surface area contributed by atoms with Gasteiger partial charge in [-0.15, -0.1) is 0 Å². The Labute approximate surface area is 170 Å². The number of aromatic nitrogens is 2. The Bertz CT molecular complexity index is 987. The van der Waals surface area contributed by atoms with Crippen LogP contribution in [0.4, 0.5) is 23.0 Å². The fraction of sp³-hybridized carbons (Fsp3) is 0.227. The molecule has 7 nitrogen and oxygen atoms in total. The number of rotatable bonds is 7. The number of hydrogen-bond acceptors (Lipinski definition) is 6. The highest BCUT2D eigenvalue weighted by Crippen LogP contribution is 2.26. The fourth-order valence-corrected chi connectivity index (χ4v) is 2.75. The first-order valence-electron chi connectivity index (χ1n) is 9.39. The molecule has 29 heavy (non-hydrogen) atoms. The Morgan fingerprint density at radius 1 is 1.07 bits per heavy atom. The number of aryl methyl sites for hydroxylation is 1. The molecular formula is C22H25N5O2. The molecule has 2 N–H and O–H groups in total. The summed E-state index contributed by atoms with van der Waals surface area (Å²) >= 11 is 0. The number of amides is 1. The van der Waals surface area contributed by atoms with E-state index >= 15 is 0 Å². The lowest BCUT2D eigenvalue weighted by Crippen LogP contribution is -2.16. The van der Waals surface area contributed by atoms with Gasteiger partial charge in [0.1, 0.15) is 11.4 Å². The van der Waals surface area contributed by atoms with Gasteiger partial charge in [0, 0.05) is 31.2 Å². The highest BCUT2D eigenvalue weighted by Gasteiger charge is 2.12. The van der Waals surface area contributed by atoms with E-state index in [2.05, 4.69) is 20.6 Å². The Morgan fingerprint density at radius 2 is 1.79 bits per heavy atom. The number of nitrogens with zero attached hydrogens (tertiary/aromatic N) is 3. The second-order valence-corrected chi connectivity index (χ2v) is 6.67. The summed E-state index contributed by atoms with van der Waals surface area (Å²) in [6, 6.07) is 16.8. The van der Waals surface area contributed by atoms with Crippen LogP contribution < -0.4 is 20.3 Å². The number of carbonyl (C=O) groups excluding carboxylic acids is 1. The van der Waals surface area contributed by atoms with Crippen LogP contribution in [0.1, 0.15) is 23.1 Å². The van der Waals surface area contributed by atoms with Crippen LogP contribution in [-0.4, -0.2) is 36.6 Å². The number of benzene rings is 2. The summed E-state index contributed by atoms with van der Waals surface area (Å²) in [6.45, 7) is 4.30. The summed E-state index contributed by atoms with van der Waals surface area (Å²) in [4.78, 5) is 23.5. The molecule has 0 unspecified atom stereocenters. The fourth-order valence-electron chi connectivity index (χ4n) is 2.75. The SMILES string of the molecule is CCOc1ccccc1Nc1nc(C)cc(C(=O)Nc2ccc(N(C)C)cc2)n1. The van der Waals surface area contributed by atoms with Gasteiger partial charge in [-0.05, 0) is 56.3 Å². The van der Waals surface area contributed by atoms with Crippen LogP contribution >= 0.6 is 0 Å². The highest BCUT2D eigenvalue weighted by atomic mass is 16.5. The summed E-state index contributed by atoms with van der Waals surface area (Å²) in [5, 5.41) is 6.02. The molecule has 0 spiro atoms. The predicted octanol–water partition coefficient (Wildman–Crippen LogP) is 4.25. The number of ether oxygens (including phenoxy) is 1. The first kappa shape index (κ1) is 20.1. The standard InChI is InChI=1S/C22H25N5O2/c1-5-29-20-9-7-6-8-18(20)25-22-23-15(2)14-19(26-22)21(28)24-16-10-12-17(13-11-16)27(3)4/h6-14H,5H2,1-4H3,(H,24,28)(H,23,25,26). The van der Waals surface area contributed by atoms with E-state index in [9.17, 15) is 4.79 Å². The molecule has 1 amide bonds. The van der Waals surface area contributed by atoms with Gasteiger partial charge >= 0.3 is 0 Å². The summed E-state index contributed by atoms with van der Waals surface area (Å²) in [7, 11) is 3.94. The first-order chi connectivity index (χ1) is 14.0. The monoisotopic (exact) mass is 391 g/mol. The summed E-state index contributed by atoms with van der Waals surface area (Å²) < 4.78 is 5.62. The maximum Gasteiger partial charge on any atom is 0.274 e. The summed E-state index contributed by atoms with van der Waals surface area (Å²) in [5.74, 6) is 0.742. The van der Waals surface area contributed by atoms with Gasteiger partial charge in [-0.1, -0.05) is 12.1 Å². The van der Waals surface area contributed by atoms with Crippen LogP contribution in [0.5, 0.6) is 5.75 Å². The van der Waals surface area contributed by atoms with Gasteiger partial charge < -0.3 is 20.3 Å². The van der Waals surface area contributed by atoms with Gasteiger partial charge in [0.25, 0.3) is 5.91 Å². The third-order valence-electron chi connectivity index (χ3n) is 4.16. The molecule has 0 atom stereocenters. The van der Waals surface area contributed by atoms with Gasteiger partial charge in [0.2, 0.25) is 5.95 Å². The highest BCUT2D eigenvalue weighted by molar-refractivity contribution is 6.03. The zero-order chi connectivity index (χ0) is 20.8. The largest absolute Gasteiger partial charge is 0.492 e. The van der Waals surface area contributed by atoms with Crippen molar-refractivity contribution in [3.05, 3.63) is 66.0 Å². The van der Waals surface area contributed by atoms with Crippen LogP contribution in [-0.2, 0) is 0 Å². The number of anilines is 4. The van der Waals surface area contributed by atoms with Crippen molar-refractivity contribution in [2.24, 2.45) is 0 Å². The van der Waals surface area contributed by atoms with E-state index < -0.39 is 0 Å². The molecule has 0 radical (unpaired) electrons. The van der Waals surface area contributed by atoms with E-state index in [1.165, 1.54) is 0 Å². The quantitative estimate of drug-likeness (QED) is 0.627. The van der Waals surface area contributed by atoms with Crippen molar-refractivity contribution in [3.63, 3.8) is 0 Å². The van der Waals surface area contributed by atoms with E-state index in [1.807, 2.05) is 81.4 Å². The Kier molecular flexibility index (Phi) is 6.29. The lowest BCUT2D eigenvalue weighted by molar-refractivity contribution is 0.102. The van der Waals surface area contributed by atoms with Crippen LogP contribution in [0.25, 0.3) is 0 Å². The van der Waals surface area contributed by atoms with Crippen molar-refractivity contribution in [2.45, 2.75) is 13.8 Å². The topological polar surface area (TPSA) is 79.4 Å². The van der Waals surface area contributed by atoms with Crippen molar-refractivity contribution in [3.8, 4) is 5.75 Å². The predicted molar refractivity (Wildman–Crippen MR) is 116 cm³/mol. The Morgan fingerprint density at radius 3 is 2.48 bits per heavy atom. The summed E-state index contributed by atoms with van der Waals surface area (Å²) in [5.41, 5.74) is 3.47. The molecule has 0 aliphatic carbocycles. The van der Waals surface area contributed by atoms with Crippen molar-refractivity contribution in [1.82, 2.24) is 9.97 Å².